The molecule has 14 heavy (non-hydrogen) atoms. The van der Waals surface area contributed by atoms with Crippen molar-refractivity contribution in [1.82, 2.24) is 0 Å². The Kier molecular flexibility index (Phi) is 3.29. The molecule has 0 amide bonds. The van der Waals surface area contributed by atoms with Crippen LogP contribution in [0.2, 0.25) is 0 Å². The van der Waals surface area contributed by atoms with Gasteiger partial charge >= 0.3 is 0 Å². The van der Waals surface area contributed by atoms with Crippen LogP contribution in [-0.4, -0.2) is 11.5 Å². The van der Waals surface area contributed by atoms with Crippen molar-refractivity contribution in [1.29, 1.82) is 0 Å². The van der Waals surface area contributed by atoms with Crippen LogP contribution in [0.1, 0.15) is 6.92 Å². The SMILES string of the molecule is CCOc1cc([N+](=O)[O-])cc(Br)c1N. The zero-order chi connectivity index (χ0) is 10.7. The van der Waals surface area contributed by atoms with Gasteiger partial charge < -0.3 is 10.5 Å². The molecule has 0 fully saturated rings. The Balaban J connectivity index is 3.20. The first-order valence-electron chi connectivity index (χ1n) is 3.92. The van der Waals surface area contributed by atoms with E-state index in [0.717, 1.165) is 0 Å². The van der Waals surface area contributed by atoms with Crippen LogP contribution >= 0.6 is 15.9 Å². The van der Waals surface area contributed by atoms with Gasteiger partial charge in [0.1, 0.15) is 5.75 Å². The number of non-ortho nitro benzene ring substituents is 1. The van der Waals surface area contributed by atoms with Crippen LogP contribution in [0.4, 0.5) is 11.4 Å². The number of rotatable bonds is 3. The van der Waals surface area contributed by atoms with E-state index in [1.807, 2.05) is 0 Å². The molecule has 2 N–H and O–H groups in total. The fourth-order valence-electron chi connectivity index (χ4n) is 0.959. The maximum absolute atomic E-state index is 10.5. The molecule has 0 saturated carbocycles. The van der Waals surface area contributed by atoms with E-state index in [1.165, 1.54) is 12.1 Å². The number of nitrogen functional groups attached to an aromatic ring is 1. The summed E-state index contributed by atoms with van der Waals surface area (Å²) in [5, 5.41) is 10.5. The monoisotopic (exact) mass is 260 g/mol. The minimum absolute atomic E-state index is 0.0467. The minimum atomic E-state index is -0.493. The van der Waals surface area contributed by atoms with E-state index in [9.17, 15) is 10.1 Å². The molecule has 0 saturated heterocycles. The van der Waals surface area contributed by atoms with Gasteiger partial charge in [-0.05, 0) is 22.9 Å². The Hall–Kier alpha value is -1.30. The molecule has 0 bridgehead atoms. The number of nitrogens with zero attached hydrogens (tertiary/aromatic N) is 1. The Bertz CT molecular complexity index is 368. The van der Waals surface area contributed by atoms with Crippen molar-refractivity contribution in [2.75, 3.05) is 12.3 Å². The average Bonchev–Trinajstić information content (AvgIpc) is 2.12. The number of nitro benzene ring substituents is 1. The Labute approximate surface area is 89.1 Å². The van der Waals surface area contributed by atoms with Gasteiger partial charge in [0.15, 0.2) is 0 Å². The fourth-order valence-corrected chi connectivity index (χ4v) is 1.39. The van der Waals surface area contributed by atoms with Crippen LogP contribution < -0.4 is 10.5 Å². The van der Waals surface area contributed by atoms with Crippen molar-refractivity contribution in [3.05, 3.63) is 26.7 Å². The highest BCUT2D eigenvalue weighted by atomic mass is 79.9. The molecule has 0 radical (unpaired) electrons. The first-order chi connectivity index (χ1) is 6.56. The molecular weight excluding hydrogens is 252 g/mol. The van der Waals surface area contributed by atoms with Gasteiger partial charge in [-0.25, -0.2) is 0 Å². The van der Waals surface area contributed by atoms with E-state index in [4.69, 9.17) is 10.5 Å². The van der Waals surface area contributed by atoms with Gasteiger partial charge in [0.25, 0.3) is 5.69 Å². The number of benzene rings is 1. The number of ether oxygens (including phenoxy) is 1. The zero-order valence-electron chi connectivity index (χ0n) is 7.49. The number of anilines is 1. The van der Waals surface area contributed by atoms with Gasteiger partial charge in [0.2, 0.25) is 0 Å². The number of halogens is 1. The Morgan fingerprint density at radius 1 is 1.64 bits per heavy atom. The molecule has 0 atom stereocenters. The molecule has 0 aromatic heterocycles. The summed E-state index contributed by atoms with van der Waals surface area (Å²) >= 11 is 3.13. The van der Waals surface area contributed by atoms with Crippen molar-refractivity contribution in [2.45, 2.75) is 6.92 Å². The topological polar surface area (TPSA) is 78.4 Å². The molecule has 76 valence electrons. The third-order valence-electron chi connectivity index (χ3n) is 1.59. The molecule has 0 aliphatic carbocycles. The second-order valence-corrected chi connectivity index (χ2v) is 3.38. The molecular formula is C8H9BrN2O3. The van der Waals surface area contributed by atoms with E-state index in [-0.39, 0.29) is 5.69 Å². The standard InChI is InChI=1S/C8H9BrN2O3/c1-2-14-7-4-5(11(12)13)3-6(9)8(7)10/h3-4H,2,10H2,1H3. The predicted molar refractivity (Wildman–Crippen MR) is 56.4 cm³/mol. The van der Waals surface area contributed by atoms with Crippen molar-refractivity contribution in [2.24, 2.45) is 0 Å². The minimum Gasteiger partial charge on any atom is -0.491 e. The predicted octanol–water partition coefficient (Wildman–Crippen LogP) is 2.34. The van der Waals surface area contributed by atoms with Crippen molar-refractivity contribution in [3.63, 3.8) is 0 Å². The van der Waals surface area contributed by atoms with Crippen LogP contribution in [0.25, 0.3) is 0 Å². The van der Waals surface area contributed by atoms with E-state index in [2.05, 4.69) is 15.9 Å². The van der Waals surface area contributed by atoms with Gasteiger partial charge in [-0.2, -0.15) is 0 Å². The lowest BCUT2D eigenvalue weighted by Crippen LogP contribution is -1.99. The summed E-state index contributed by atoms with van der Waals surface area (Å²) in [7, 11) is 0. The van der Waals surface area contributed by atoms with Crippen molar-refractivity contribution >= 4 is 27.3 Å². The van der Waals surface area contributed by atoms with Crippen LogP contribution in [0.15, 0.2) is 16.6 Å². The molecule has 0 heterocycles. The van der Waals surface area contributed by atoms with E-state index in [1.54, 1.807) is 6.92 Å². The molecule has 1 rings (SSSR count). The molecule has 1 aromatic rings. The highest BCUT2D eigenvalue weighted by Gasteiger charge is 2.13. The smallest absolute Gasteiger partial charge is 0.274 e. The summed E-state index contributed by atoms with van der Waals surface area (Å²) in [5.41, 5.74) is 5.97. The molecule has 1 aromatic carbocycles. The molecule has 0 aliphatic heterocycles. The first kappa shape index (κ1) is 10.8. The highest BCUT2D eigenvalue weighted by molar-refractivity contribution is 9.10. The van der Waals surface area contributed by atoms with Crippen LogP contribution in [0, 0.1) is 10.1 Å². The summed E-state index contributed by atoms with van der Waals surface area (Å²) in [4.78, 5) is 10.0. The van der Waals surface area contributed by atoms with Gasteiger partial charge in [-0.15, -0.1) is 0 Å². The third kappa shape index (κ3) is 2.14. The lowest BCUT2D eigenvalue weighted by Gasteiger charge is -2.07. The maximum Gasteiger partial charge on any atom is 0.274 e. The van der Waals surface area contributed by atoms with Crippen LogP contribution in [-0.2, 0) is 0 Å². The molecule has 0 unspecified atom stereocenters. The lowest BCUT2D eigenvalue weighted by molar-refractivity contribution is -0.385. The average molecular weight is 261 g/mol. The normalized spacial score (nSPS) is 9.86. The number of nitro groups is 1. The first-order valence-corrected chi connectivity index (χ1v) is 4.71. The maximum atomic E-state index is 10.5. The Morgan fingerprint density at radius 3 is 2.79 bits per heavy atom. The molecule has 0 aliphatic rings. The highest BCUT2D eigenvalue weighted by Crippen LogP contribution is 2.34. The quantitative estimate of drug-likeness (QED) is 0.514. The molecule has 0 spiro atoms. The summed E-state index contributed by atoms with van der Waals surface area (Å²) in [6.45, 7) is 2.20. The molecule has 5 nitrogen and oxygen atoms in total. The fraction of sp³-hybridized carbons (Fsp3) is 0.250. The van der Waals surface area contributed by atoms with Gasteiger partial charge in [0, 0.05) is 6.07 Å². The van der Waals surface area contributed by atoms with Crippen molar-refractivity contribution < 1.29 is 9.66 Å². The van der Waals surface area contributed by atoms with E-state index in [0.29, 0.717) is 22.5 Å². The summed E-state index contributed by atoms with van der Waals surface area (Å²) in [6, 6.07) is 2.65. The Morgan fingerprint density at radius 2 is 2.29 bits per heavy atom. The third-order valence-corrected chi connectivity index (χ3v) is 2.24. The van der Waals surface area contributed by atoms with Crippen molar-refractivity contribution in [3.8, 4) is 5.75 Å². The second kappa shape index (κ2) is 4.28. The van der Waals surface area contributed by atoms with Crippen LogP contribution in [0.3, 0.4) is 0 Å². The lowest BCUT2D eigenvalue weighted by atomic mass is 10.2. The van der Waals surface area contributed by atoms with Crippen LogP contribution in [0.5, 0.6) is 5.75 Å². The summed E-state index contributed by atoms with van der Waals surface area (Å²) in [5.74, 6) is 0.327. The van der Waals surface area contributed by atoms with E-state index < -0.39 is 4.92 Å². The van der Waals surface area contributed by atoms with Gasteiger partial charge in [0.05, 0.1) is 27.8 Å². The van der Waals surface area contributed by atoms with Gasteiger partial charge in [-0.1, -0.05) is 0 Å². The number of hydrogen-bond donors (Lipinski definition) is 1. The van der Waals surface area contributed by atoms with E-state index >= 15 is 0 Å². The number of hydrogen-bond acceptors (Lipinski definition) is 4. The molecule has 6 heteroatoms. The summed E-state index contributed by atoms with van der Waals surface area (Å²) in [6.07, 6.45) is 0. The largest absolute Gasteiger partial charge is 0.491 e. The van der Waals surface area contributed by atoms with Gasteiger partial charge in [-0.3, -0.25) is 10.1 Å². The second-order valence-electron chi connectivity index (χ2n) is 2.53. The number of nitrogens with two attached hydrogens (primary N) is 1. The zero-order valence-corrected chi connectivity index (χ0v) is 9.08. The summed E-state index contributed by atoms with van der Waals surface area (Å²) < 4.78 is 5.62.